The number of alkyl halides is 3. The van der Waals surface area contributed by atoms with Crippen molar-refractivity contribution in [2.45, 2.75) is 17.8 Å². The molecule has 2 aliphatic rings. The van der Waals surface area contributed by atoms with E-state index in [1.807, 2.05) is 0 Å². The zero-order valence-electron chi connectivity index (χ0n) is 10.7. The van der Waals surface area contributed by atoms with Crippen molar-refractivity contribution in [1.29, 1.82) is 0 Å². The van der Waals surface area contributed by atoms with Gasteiger partial charge in [-0.15, -0.1) is 0 Å². The molecule has 3 rings (SSSR count). The monoisotopic (exact) mass is 304 g/mol. The minimum Gasteiger partial charge on any atom is -0.465 e. The molecule has 21 heavy (non-hydrogen) atoms. The first-order chi connectivity index (χ1) is 9.84. The lowest BCUT2D eigenvalue weighted by Crippen LogP contribution is -2.48. The number of benzene rings is 1. The van der Waals surface area contributed by atoms with Crippen LogP contribution in [-0.4, -0.2) is 31.5 Å². The molecule has 2 heterocycles. The smallest absolute Gasteiger partial charge is 0.415 e. The van der Waals surface area contributed by atoms with Crippen LogP contribution >= 0.6 is 0 Å². The van der Waals surface area contributed by atoms with Gasteiger partial charge in [-0.1, -0.05) is 18.2 Å². The molecule has 8 heteroatoms. The van der Waals surface area contributed by atoms with Gasteiger partial charge in [0.15, 0.2) is 6.10 Å². The van der Waals surface area contributed by atoms with Crippen molar-refractivity contribution in [2.24, 2.45) is 16.6 Å². The summed E-state index contributed by atoms with van der Waals surface area (Å²) in [4.78, 5) is 3.98. The third-order valence-corrected chi connectivity index (χ3v) is 3.85. The molecule has 1 saturated heterocycles. The third kappa shape index (κ3) is 2.14. The van der Waals surface area contributed by atoms with Crippen LogP contribution in [0.4, 0.5) is 17.6 Å². The Labute approximate surface area is 117 Å². The average Bonchev–Trinajstić information content (AvgIpc) is 2.78. The van der Waals surface area contributed by atoms with Gasteiger partial charge >= 0.3 is 6.18 Å². The number of nitrogens with two attached hydrogens (primary N) is 1. The molecule has 1 fully saturated rings. The Hall–Kier alpha value is -1.83. The number of hydrogen-bond acceptors (Lipinski definition) is 4. The molecule has 3 atom stereocenters. The molecular weight excluding hydrogens is 292 g/mol. The van der Waals surface area contributed by atoms with E-state index < -0.39 is 36.2 Å². The van der Waals surface area contributed by atoms with Crippen LogP contribution in [0.25, 0.3) is 0 Å². The van der Waals surface area contributed by atoms with E-state index in [4.69, 9.17) is 15.2 Å². The van der Waals surface area contributed by atoms with E-state index in [0.717, 1.165) is 0 Å². The number of hydrogen-bond donors (Lipinski definition) is 1. The molecule has 0 aliphatic carbocycles. The molecule has 0 spiro atoms. The SMILES string of the molecule is NC1=NC2(c3ccccc3F)CO[C@H](C(F)(F)F)C2CO1. The molecule has 2 N–H and O–H groups in total. The Balaban J connectivity index is 2.13. The van der Waals surface area contributed by atoms with Crippen LogP contribution in [0, 0.1) is 11.7 Å². The number of fused-ring (bicyclic) bond motifs is 1. The quantitative estimate of drug-likeness (QED) is 0.807. The standard InChI is InChI=1S/C13H12F4N2O2/c14-9-4-2-1-3-7(9)12-6-21-10(13(15,16)17)8(12)5-20-11(18)19-12/h1-4,8,10H,5-6H2,(H2,18,19)/t8?,10-,12?/m0/s1. The Morgan fingerprint density at radius 3 is 2.67 bits per heavy atom. The Morgan fingerprint density at radius 1 is 1.29 bits per heavy atom. The number of amidine groups is 1. The molecule has 2 unspecified atom stereocenters. The maximum Gasteiger partial charge on any atom is 0.415 e. The fraction of sp³-hybridized carbons (Fsp3) is 0.462. The first-order valence-electron chi connectivity index (χ1n) is 6.26. The molecule has 0 aromatic heterocycles. The van der Waals surface area contributed by atoms with E-state index in [-0.39, 0.29) is 18.2 Å². The normalized spacial score (nSPS) is 32.3. The molecule has 1 aromatic carbocycles. The van der Waals surface area contributed by atoms with E-state index in [9.17, 15) is 17.6 Å². The van der Waals surface area contributed by atoms with Gasteiger partial charge in [-0.2, -0.15) is 13.2 Å². The first kappa shape index (κ1) is 14.1. The van der Waals surface area contributed by atoms with E-state index >= 15 is 0 Å². The molecule has 0 amide bonds. The number of halogens is 4. The lowest BCUT2D eigenvalue weighted by Gasteiger charge is -2.36. The maximum absolute atomic E-state index is 14.1. The molecule has 0 bridgehead atoms. The second-order valence-corrected chi connectivity index (χ2v) is 5.04. The topological polar surface area (TPSA) is 56.8 Å². The average molecular weight is 304 g/mol. The Bertz CT molecular complexity index is 590. The van der Waals surface area contributed by atoms with E-state index in [0.29, 0.717) is 0 Å². The highest BCUT2D eigenvalue weighted by molar-refractivity contribution is 5.73. The van der Waals surface area contributed by atoms with Crippen LogP contribution in [0.2, 0.25) is 0 Å². The predicted molar refractivity (Wildman–Crippen MR) is 64.9 cm³/mol. The highest BCUT2D eigenvalue weighted by Gasteiger charge is 2.62. The van der Waals surface area contributed by atoms with Gasteiger partial charge < -0.3 is 15.2 Å². The Morgan fingerprint density at radius 2 is 2.00 bits per heavy atom. The number of aliphatic imine (C=N–C) groups is 1. The minimum absolute atomic E-state index is 0.0352. The van der Waals surface area contributed by atoms with Crippen LogP contribution in [0.15, 0.2) is 29.3 Å². The molecular formula is C13H12F4N2O2. The number of nitrogens with zero attached hydrogens (tertiary/aromatic N) is 1. The van der Waals surface area contributed by atoms with Gasteiger partial charge in [0.05, 0.1) is 19.1 Å². The van der Waals surface area contributed by atoms with Gasteiger partial charge in [-0.25, -0.2) is 9.38 Å². The van der Waals surface area contributed by atoms with E-state index in [1.165, 1.54) is 24.3 Å². The summed E-state index contributed by atoms with van der Waals surface area (Å²) in [7, 11) is 0. The second kappa shape index (κ2) is 4.59. The lowest BCUT2D eigenvalue weighted by molar-refractivity contribution is -0.219. The second-order valence-electron chi connectivity index (χ2n) is 5.04. The lowest BCUT2D eigenvalue weighted by atomic mass is 9.77. The molecule has 4 nitrogen and oxygen atoms in total. The summed E-state index contributed by atoms with van der Waals surface area (Å²) < 4.78 is 63.1. The van der Waals surface area contributed by atoms with Crippen molar-refractivity contribution in [1.82, 2.24) is 0 Å². The summed E-state index contributed by atoms with van der Waals surface area (Å²) in [6.45, 7) is -0.722. The van der Waals surface area contributed by atoms with Gasteiger partial charge in [0.25, 0.3) is 6.02 Å². The van der Waals surface area contributed by atoms with Crippen LogP contribution in [0.1, 0.15) is 5.56 Å². The fourth-order valence-electron chi connectivity index (χ4n) is 2.91. The molecule has 114 valence electrons. The summed E-state index contributed by atoms with van der Waals surface area (Å²) in [6, 6.07) is 5.29. The van der Waals surface area contributed by atoms with Crippen LogP contribution < -0.4 is 5.73 Å². The van der Waals surface area contributed by atoms with Crippen LogP contribution in [0.5, 0.6) is 0 Å². The van der Waals surface area contributed by atoms with Gasteiger partial charge in [0.1, 0.15) is 11.4 Å². The summed E-state index contributed by atoms with van der Waals surface area (Å²) >= 11 is 0. The van der Waals surface area contributed by atoms with Gasteiger partial charge in [0, 0.05) is 5.56 Å². The summed E-state index contributed by atoms with van der Waals surface area (Å²) in [5.41, 5.74) is 4.02. The maximum atomic E-state index is 14.1. The van der Waals surface area contributed by atoms with Crippen molar-refractivity contribution in [3.8, 4) is 0 Å². The molecule has 1 aromatic rings. The molecule has 0 saturated carbocycles. The van der Waals surface area contributed by atoms with Crippen molar-refractivity contribution in [2.75, 3.05) is 13.2 Å². The van der Waals surface area contributed by atoms with Crippen molar-refractivity contribution < 1.29 is 27.0 Å². The summed E-state index contributed by atoms with van der Waals surface area (Å²) in [5.74, 6) is -1.82. The molecule has 2 aliphatic heterocycles. The van der Waals surface area contributed by atoms with Gasteiger partial charge in [0.2, 0.25) is 0 Å². The summed E-state index contributed by atoms with van der Waals surface area (Å²) in [6.07, 6.45) is -6.64. The van der Waals surface area contributed by atoms with Crippen LogP contribution in [0.3, 0.4) is 0 Å². The zero-order valence-corrected chi connectivity index (χ0v) is 10.7. The number of rotatable bonds is 1. The zero-order chi connectivity index (χ0) is 15.3. The third-order valence-electron chi connectivity index (χ3n) is 3.85. The van der Waals surface area contributed by atoms with E-state index in [1.54, 1.807) is 0 Å². The van der Waals surface area contributed by atoms with E-state index in [2.05, 4.69) is 4.99 Å². The Kier molecular flexibility index (Phi) is 3.09. The minimum atomic E-state index is -4.58. The largest absolute Gasteiger partial charge is 0.465 e. The fourth-order valence-corrected chi connectivity index (χ4v) is 2.91. The highest BCUT2D eigenvalue weighted by Crippen LogP contribution is 2.49. The van der Waals surface area contributed by atoms with Crippen LogP contribution in [-0.2, 0) is 15.0 Å². The highest BCUT2D eigenvalue weighted by atomic mass is 19.4. The van der Waals surface area contributed by atoms with Gasteiger partial charge in [-0.3, -0.25) is 0 Å². The predicted octanol–water partition coefficient (Wildman–Crippen LogP) is 1.94. The first-order valence-corrected chi connectivity index (χ1v) is 6.26. The van der Waals surface area contributed by atoms with Crippen molar-refractivity contribution >= 4 is 6.02 Å². The van der Waals surface area contributed by atoms with Crippen molar-refractivity contribution in [3.63, 3.8) is 0 Å². The summed E-state index contributed by atoms with van der Waals surface area (Å²) in [5, 5.41) is 0. The van der Waals surface area contributed by atoms with Gasteiger partial charge in [-0.05, 0) is 6.07 Å². The number of ether oxygens (including phenoxy) is 2. The molecule has 0 radical (unpaired) electrons. The van der Waals surface area contributed by atoms with Crippen molar-refractivity contribution in [3.05, 3.63) is 35.6 Å².